The molecule has 0 radical (unpaired) electrons. The van der Waals surface area contributed by atoms with Crippen LogP contribution in [0.5, 0.6) is 5.75 Å². The number of halogens is 1. The van der Waals surface area contributed by atoms with Gasteiger partial charge in [-0.25, -0.2) is 4.39 Å². The zero-order chi connectivity index (χ0) is 14.2. The van der Waals surface area contributed by atoms with Crippen LogP contribution in [0.15, 0.2) is 12.1 Å². The fraction of sp³-hybridized carbons (Fsp3) is 0.533. The summed E-state index contributed by atoms with van der Waals surface area (Å²) in [6.45, 7) is 3.84. The molecular formula is C15H19FO3. The predicted molar refractivity (Wildman–Crippen MR) is 70.2 cm³/mol. The lowest BCUT2D eigenvalue weighted by Gasteiger charge is -2.20. The van der Waals surface area contributed by atoms with Crippen molar-refractivity contribution in [3.8, 4) is 5.75 Å². The molecule has 0 amide bonds. The highest BCUT2D eigenvalue weighted by Crippen LogP contribution is 2.54. The largest absolute Gasteiger partial charge is 0.496 e. The van der Waals surface area contributed by atoms with Gasteiger partial charge in [0.1, 0.15) is 11.6 Å². The van der Waals surface area contributed by atoms with Crippen LogP contribution >= 0.6 is 0 Å². The number of methoxy groups -OCH3 is 1. The molecule has 1 saturated carbocycles. The van der Waals surface area contributed by atoms with Crippen LogP contribution in [0.4, 0.5) is 4.39 Å². The van der Waals surface area contributed by atoms with Gasteiger partial charge in [-0.15, -0.1) is 0 Å². The molecule has 1 fully saturated rings. The van der Waals surface area contributed by atoms with Crippen LogP contribution in [0, 0.1) is 5.82 Å². The molecule has 0 spiro atoms. The summed E-state index contributed by atoms with van der Waals surface area (Å²) in [6, 6.07) is 3.17. The highest BCUT2D eigenvalue weighted by atomic mass is 19.1. The number of ether oxygens (including phenoxy) is 1. The monoisotopic (exact) mass is 266 g/mol. The Bertz CT molecular complexity index is 504. The Kier molecular flexibility index (Phi) is 3.52. The van der Waals surface area contributed by atoms with Crippen LogP contribution in [0.3, 0.4) is 0 Å². The molecule has 1 aliphatic rings. The molecule has 1 aromatic carbocycles. The molecule has 0 heterocycles. The summed E-state index contributed by atoms with van der Waals surface area (Å²) >= 11 is 0. The first-order chi connectivity index (χ1) is 8.89. The molecule has 0 unspecified atom stereocenters. The van der Waals surface area contributed by atoms with Crippen LogP contribution in [-0.2, 0) is 10.2 Å². The maximum absolute atomic E-state index is 13.9. The van der Waals surface area contributed by atoms with Crippen LogP contribution < -0.4 is 4.74 Å². The number of carboxylic acid groups (broad SMARTS) is 1. The first-order valence-corrected chi connectivity index (χ1v) is 6.49. The molecule has 0 saturated heterocycles. The van der Waals surface area contributed by atoms with Gasteiger partial charge >= 0.3 is 5.97 Å². The van der Waals surface area contributed by atoms with Gasteiger partial charge in [-0.3, -0.25) is 4.79 Å². The SMILES string of the molecule is COc1cc(F)c(C(C)C)cc1C1(CC(=O)O)CC1. The van der Waals surface area contributed by atoms with Crippen molar-refractivity contribution in [2.45, 2.75) is 44.4 Å². The van der Waals surface area contributed by atoms with E-state index in [1.54, 1.807) is 6.07 Å². The Morgan fingerprint density at radius 3 is 2.53 bits per heavy atom. The van der Waals surface area contributed by atoms with E-state index in [4.69, 9.17) is 9.84 Å². The van der Waals surface area contributed by atoms with E-state index in [0.29, 0.717) is 11.3 Å². The van der Waals surface area contributed by atoms with Crippen molar-refractivity contribution in [3.05, 3.63) is 29.1 Å². The Morgan fingerprint density at radius 2 is 2.11 bits per heavy atom. The molecule has 1 N–H and O–H groups in total. The van der Waals surface area contributed by atoms with Crippen LogP contribution in [0.1, 0.15) is 50.2 Å². The van der Waals surface area contributed by atoms with Crippen molar-refractivity contribution in [2.75, 3.05) is 7.11 Å². The van der Waals surface area contributed by atoms with Crippen molar-refractivity contribution in [1.82, 2.24) is 0 Å². The molecule has 0 bridgehead atoms. The smallest absolute Gasteiger partial charge is 0.304 e. The topological polar surface area (TPSA) is 46.5 Å². The number of aliphatic carboxylic acids is 1. The van der Waals surface area contributed by atoms with Crippen molar-refractivity contribution in [3.63, 3.8) is 0 Å². The van der Waals surface area contributed by atoms with Crippen molar-refractivity contribution >= 4 is 5.97 Å². The summed E-state index contributed by atoms with van der Waals surface area (Å²) in [5.41, 5.74) is 1.09. The fourth-order valence-electron chi connectivity index (χ4n) is 2.58. The van der Waals surface area contributed by atoms with E-state index < -0.39 is 5.97 Å². The average Bonchev–Trinajstić information content (AvgIpc) is 3.07. The minimum absolute atomic E-state index is 0.0604. The second-order valence-corrected chi connectivity index (χ2v) is 5.58. The van der Waals surface area contributed by atoms with Gasteiger partial charge in [-0.05, 0) is 30.4 Å². The minimum atomic E-state index is -0.824. The second-order valence-electron chi connectivity index (χ2n) is 5.58. The number of hydrogen-bond donors (Lipinski definition) is 1. The molecule has 1 aliphatic carbocycles. The summed E-state index contributed by atoms with van der Waals surface area (Å²) in [6.07, 6.45) is 1.71. The Labute approximate surface area is 112 Å². The van der Waals surface area contributed by atoms with Gasteiger partial charge in [0, 0.05) is 17.0 Å². The summed E-state index contributed by atoms with van der Waals surface area (Å²) in [4.78, 5) is 11.0. The lowest BCUT2D eigenvalue weighted by atomic mass is 9.88. The first kappa shape index (κ1) is 13.8. The van der Waals surface area contributed by atoms with E-state index in [1.165, 1.54) is 13.2 Å². The Balaban J connectivity index is 2.49. The molecule has 19 heavy (non-hydrogen) atoms. The standard InChI is InChI=1S/C15H19FO3/c1-9(2)10-6-11(13(19-3)7-12(10)16)15(4-5-15)8-14(17)18/h6-7,9H,4-5,8H2,1-3H3,(H,17,18). The molecule has 104 valence electrons. The van der Waals surface area contributed by atoms with E-state index in [2.05, 4.69) is 0 Å². The molecule has 4 heteroatoms. The minimum Gasteiger partial charge on any atom is -0.496 e. The molecule has 0 atom stereocenters. The number of benzene rings is 1. The third kappa shape index (κ3) is 2.57. The van der Waals surface area contributed by atoms with Gasteiger partial charge in [-0.1, -0.05) is 13.8 Å². The molecule has 3 nitrogen and oxygen atoms in total. The van der Waals surface area contributed by atoms with E-state index in [1.807, 2.05) is 13.8 Å². The first-order valence-electron chi connectivity index (χ1n) is 6.49. The fourth-order valence-corrected chi connectivity index (χ4v) is 2.58. The molecule has 1 aromatic rings. The van der Waals surface area contributed by atoms with Gasteiger partial charge in [0.25, 0.3) is 0 Å². The summed E-state index contributed by atoms with van der Waals surface area (Å²) in [5, 5.41) is 9.03. The maximum Gasteiger partial charge on any atom is 0.304 e. The van der Waals surface area contributed by atoms with Crippen LogP contribution in [-0.4, -0.2) is 18.2 Å². The zero-order valence-electron chi connectivity index (χ0n) is 11.5. The van der Waals surface area contributed by atoms with Crippen molar-refractivity contribution in [1.29, 1.82) is 0 Å². The lowest BCUT2D eigenvalue weighted by molar-refractivity contribution is -0.137. The molecule has 0 aliphatic heterocycles. The van der Waals surface area contributed by atoms with Gasteiger partial charge in [0.15, 0.2) is 0 Å². The van der Waals surface area contributed by atoms with Gasteiger partial charge in [0.05, 0.1) is 13.5 Å². The highest BCUT2D eigenvalue weighted by molar-refractivity contribution is 5.70. The summed E-state index contributed by atoms with van der Waals surface area (Å²) < 4.78 is 19.2. The summed E-state index contributed by atoms with van der Waals surface area (Å²) in [7, 11) is 1.49. The van der Waals surface area contributed by atoms with E-state index >= 15 is 0 Å². The van der Waals surface area contributed by atoms with Crippen molar-refractivity contribution in [2.24, 2.45) is 0 Å². The van der Waals surface area contributed by atoms with E-state index in [-0.39, 0.29) is 23.6 Å². The van der Waals surface area contributed by atoms with Gasteiger partial charge < -0.3 is 9.84 Å². The zero-order valence-corrected chi connectivity index (χ0v) is 11.5. The number of carbonyl (C=O) groups is 1. The normalized spacial score (nSPS) is 16.5. The van der Waals surface area contributed by atoms with E-state index in [9.17, 15) is 9.18 Å². The quantitative estimate of drug-likeness (QED) is 0.887. The second kappa shape index (κ2) is 4.83. The number of hydrogen-bond acceptors (Lipinski definition) is 2. The van der Waals surface area contributed by atoms with Crippen molar-refractivity contribution < 1.29 is 19.0 Å². The lowest BCUT2D eigenvalue weighted by Crippen LogP contribution is -2.15. The van der Waals surface area contributed by atoms with Crippen LogP contribution in [0.2, 0.25) is 0 Å². The molecular weight excluding hydrogens is 247 g/mol. The number of carboxylic acids is 1. The van der Waals surface area contributed by atoms with Gasteiger partial charge in [-0.2, -0.15) is 0 Å². The maximum atomic E-state index is 13.9. The third-order valence-corrected chi connectivity index (χ3v) is 3.86. The molecule has 0 aromatic heterocycles. The summed E-state index contributed by atoms with van der Waals surface area (Å²) in [5.74, 6) is -0.595. The predicted octanol–water partition coefficient (Wildman–Crippen LogP) is 3.46. The Hall–Kier alpha value is -1.58. The van der Waals surface area contributed by atoms with E-state index in [0.717, 1.165) is 18.4 Å². The third-order valence-electron chi connectivity index (χ3n) is 3.86. The number of rotatable bonds is 5. The van der Waals surface area contributed by atoms with Gasteiger partial charge in [0.2, 0.25) is 0 Å². The Morgan fingerprint density at radius 1 is 1.47 bits per heavy atom. The molecule has 2 rings (SSSR count). The average molecular weight is 266 g/mol. The highest BCUT2D eigenvalue weighted by Gasteiger charge is 2.48. The van der Waals surface area contributed by atoms with Crippen LogP contribution in [0.25, 0.3) is 0 Å².